The molecule has 0 saturated carbocycles. The fourth-order valence-electron chi connectivity index (χ4n) is 1.49. The zero-order valence-corrected chi connectivity index (χ0v) is 8.30. The maximum atomic E-state index is 12.5. The molecule has 0 radical (unpaired) electrons. The molecule has 1 aliphatic rings. The summed E-state index contributed by atoms with van der Waals surface area (Å²) >= 11 is 0. The molecule has 0 bridgehead atoms. The number of piperazine rings is 1. The quantitative estimate of drug-likeness (QED) is 0.673. The number of rotatable bonds is 2. The van der Waals surface area contributed by atoms with Crippen LogP contribution in [0, 0.1) is 0 Å². The van der Waals surface area contributed by atoms with Crippen LogP contribution >= 0.6 is 0 Å². The van der Waals surface area contributed by atoms with Gasteiger partial charge in [0.2, 0.25) is 0 Å². The molecule has 88 valence electrons. The largest absolute Gasteiger partial charge is 0.468 e. The number of halogens is 3. The molecule has 0 aromatic rings. The molecular formula is C8H13F3N2O2. The molecule has 1 heterocycles. The first-order valence-electron chi connectivity index (χ1n) is 4.53. The summed E-state index contributed by atoms with van der Waals surface area (Å²) in [5.41, 5.74) is 0. The maximum Gasteiger partial charge on any atom is 0.405 e. The summed E-state index contributed by atoms with van der Waals surface area (Å²) < 4.78 is 41.9. The van der Waals surface area contributed by atoms with Gasteiger partial charge in [0, 0.05) is 19.6 Å². The summed E-state index contributed by atoms with van der Waals surface area (Å²) in [6, 6.07) is -1.61. The predicted molar refractivity (Wildman–Crippen MR) is 46.3 cm³/mol. The molecule has 7 heteroatoms. The van der Waals surface area contributed by atoms with Crippen molar-refractivity contribution in [2.45, 2.75) is 12.2 Å². The van der Waals surface area contributed by atoms with Crippen LogP contribution in [0.4, 0.5) is 13.2 Å². The number of methoxy groups -OCH3 is 1. The lowest BCUT2D eigenvalue weighted by Gasteiger charge is -2.36. The highest BCUT2D eigenvalue weighted by atomic mass is 19.4. The van der Waals surface area contributed by atoms with Crippen molar-refractivity contribution in [2.24, 2.45) is 0 Å². The Labute approximate surface area is 85.4 Å². The summed E-state index contributed by atoms with van der Waals surface area (Å²) in [7, 11) is 1.16. The third-order valence-electron chi connectivity index (χ3n) is 2.29. The summed E-state index contributed by atoms with van der Waals surface area (Å²) in [6.45, 7) is 0.145. The lowest BCUT2D eigenvalue weighted by atomic mass is 10.2. The van der Waals surface area contributed by atoms with Gasteiger partial charge in [-0.05, 0) is 0 Å². The molecule has 0 spiro atoms. The third-order valence-corrected chi connectivity index (χ3v) is 2.29. The summed E-state index contributed by atoms with van der Waals surface area (Å²) in [5.74, 6) is -0.647. The molecule has 0 unspecified atom stereocenters. The number of nitrogens with one attached hydrogen (secondary N) is 1. The Morgan fingerprint density at radius 3 is 2.80 bits per heavy atom. The average molecular weight is 226 g/mol. The van der Waals surface area contributed by atoms with E-state index in [-0.39, 0.29) is 19.6 Å². The van der Waals surface area contributed by atoms with Gasteiger partial charge in [-0.2, -0.15) is 13.2 Å². The van der Waals surface area contributed by atoms with E-state index in [1.165, 1.54) is 0 Å². The Balaban J connectivity index is 2.62. The number of hydrogen-bond acceptors (Lipinski definition) is 4. The lowest BCUT2D eigenvalue weighted by molar-refractivity contribution is -0.189. The number of hydrogen-bond donors (Lipinski definition) is 1. The molecule has 0 aromatic heterocycles. The van der Waals surface area contributed by atoms with Gasteiger partial charge >= 0.3 is 12.1 Å². The molecule has 1 fully saturated rings. The standard InChI is InChI=1S/C8H13F3N2O2/c1-15-7(14)5-13-3-2-12-4-6(13)8(9,10)11/h6,12H,2-5H2,1H3/t6-/m0/s1. The predicted octanol–water partition coefficient (Wildman–Crippen LogP) is -0.00450. The minimum atomic E-state index is -4.32. The van der Waals surface area contributed by atoms with Crippen molar-refractivity contribution in [1.29, 1.82) is 0 Å². The van der Waals surface area contributed by atoms with E-state index in [4.69, 9.17) is 0 Å². The third kappa shape index (κ3) is 3.35. The molecule has 0 aromatic carbocycles. The van der Waals surface area contributed by atoms with Crippen molar-refractivity contribution < 1.29 is 22.7 Å². The number of nitrogens with zero attached hydrogens (tertiary/aromatic N) is 1. The van der Waals surface area contributed by atoms with Crippen molar-refractivity contribution in [1.82, 2.24) is 10.2 Å². The Hall–Kier alpha value is -0.820. The molecular weight excluding hydrogens is 213 g/mol. The van der Waals surface area contributed by atoms with Crippen LogP contribution in [-0.4, -0.2) is 56.4 Å². The summed E-state index contributed by atoms with van der Waals surface area (Å²) in [5, 5.41) is 2.65. The highest BCUT2D eigenvalue weighted by Crippen LogP contribution is 2.25. The number of ether oxygens (including phenoxy) is 1. The summed E-state index contributed by atoms with van der Waals surface area (Å²) in [4.78, 5) is 12.0. The van der Waals surface area contributed by atoms with Crippen molar-refractivity contribution in [3.05, 3.63) is 0 Å². The minimum Gasteiger partial charge on any atom is -0.468 e. The number of alkyl halides is 3. The molecule has 0 amide bonds. The Kier molecular flexibility index (Phi) is 3.92. The van der Waals surface area contributed by atoms with E-state index < -0.39 is 18.2 Å². The first-order valence-corrected chi connectivity index (χ1v) is 4.53. The Morgan fingerprint density at radius 2 is 2.27 bits per heavy atom. The minimum absolute atomic E-state index is 0.180. The van der Waals surface area contributed by atoms with Gasteiger partial charge in [0.1, 0.15) is 6.04 Å². The van der Waals surface area contributed by atoms with Crippen molar-refractivity contribution in [3.8, 4) is 0 Å². The van der Waals surface area contributed by atoms with Gasteiger partial charge in [-0.3, -0.25) is 9.69 Å². The van der Waals surface area contributed by atoms with E-state index in [0.29, 0.717) is 6.54 Å². The molecule has 15 heavy (non-hydrogen) atoms. The Morgan fingerprint density at radius 1 is 1.60 bits per heavy atom. The van der Waals surface area contributed by atoms with E-state index in [0.717, 1.165) is 12.0 Å². The van der Waals surface area contributed by atoms with Crippen LogP contribution < -0.4 is 5.32 Å². The zero-order chi connectivity index (χ0) is 11.5. The van der Waals surface area contributed by atoms with Crippen LogP contribution in [0.25, 0.3) is 0 Å². The van der Waals surface area contributed by atoms with E-state index in [1.54, 1.807) is 0 Å². The second-order valence-electron chi connectivity index (χ2n) is 3.31. The first-order chi connectivity index (χ1) is 6.95. The molecule has 0 aliphatic carbocycles. The maximum absolute atomic E-state index is 12.5. The van der Waals surface area contributed by atoms with Crippen LogP contribution in [-0.2, 0) is 9.53 Å². The van der Waals surface area contributed by atoms with Gasteiger partial charge in [0.05, 0.1) is 13.7 Å². The molecule has 1 N–H and O–H groups in total. The average Bonchev–Trinajstić information content (AvgIpc) is 2.17. The number of esters is 1. The van der Waals surface area contributed by atoms with Gasteiger partial charge in [-0.25, -0.2) is 0 Å². The van der Waals surface area contributed by atoms with Crippen LogP contribution in [0.2, 0.25) is 0 Å². The number of carbonyl (C=O) groups excluding carboxylic acids is 1. The monoisotopic (exact) mass is 226 g/mol. The smallest absolute Gasteiger partial charge is 0.405 e. The normalized spacial score (nSPS) is 23.9. The fourth-order valence-corrected chi connectivity index (χ4v) is 1.49. The molecule has 1 saturated heterocycles. The topological polar surface area (TPSA) is 41.6 Å². The van der Waals surface area contributed by atoms with Crippen LogP contribution in [0.3, 0.4) is 0 Å². The van der Waals surface area contributed by atoms with Crippen LogP contribution in [0.15, 0.2) is 0 Å². The zero-order valence-electron chi connectivity index (χ0n) is 8.30. The molecule has 1 aliphatic heterocycles. The van der Waals surface area contributed by atoms with Gasteiger partial charge in [0.15, 0.2) is 0 Å². The highest BCUT2D eigenvalue weighted by Gasteiger charge is 2.45. The van der Waals surface area contributed by atoms with Crippen LogP contribution in [0.5, 0.6) is 0 Å². The van der Waals surface area contributed by atoms with Crippen molar-refractivity contribution in [3.63, 3.8) is 0 Å². The summed E-state index contributed by atoms with van der Waals surface area (Å²) in [6.07, 6.45) is -4.32. The molecule has 1 rings (SSSR count). The lowest BCUT2D eigenvalue weighted by Crippen LogP contribution is -2.58. The molecule has 4 nitrogen and oxygen atoms in total. The fraction of sp³-hybridized carbons (Fsp3) is 0.875. The van der Waals surface area contributed by atoms with Gasteiger partial charge in [0.25, 0.3) is 0 Å². The van der Waals surface area contributed by atoms with Crippen molar-refractivity contribution >= 4 is 5.97 Å². The van der Waals surface area contributed by atoms with E-state index in [9.17, 15) is 18.0 Å². The van der Waals surface area contributed by atoms with Gasteiger partial charge in [-0.15, -0.1) is 0 Å². The molecule has 1 atom stereocenters. The second-order valence-corrected chi connectivity index (χ2v) is 3.31. The Bertz CT molecular complexity index is 232. The SMILES string of the molecule is COC(=O)CN1CCNC[C@H]1C(F)(F)F. The number of carbonyl (C=O) groups is 1. The highest BCUT2D eigenvalue weighted by molar-refractivity contribution is 5.71. The second kappa shape index (κ2) is 4.80. The van der Waals surface area contributed by atoms with E-state index >= 15 is 0 Å². The first kappa shape index (κ1) is 12.3. The van der Waals surface area contributed by atoms with E-state index in [1.807, 2.05) is 0 Å². The van der Waals surface area contributed by atoms with Gasteiger partial charge < -0.3 is 10.1 Å². The van der Waals surface area contributed by atoms with E-state index in [2.05, 4.69) is 10.1 Å². The van der Waals surface area contributed by atoms with Crippen LogP contribution in [0.1, 0.15) is 0 Å². The van der Waals surface area contributed by atoms with Gasteiger partial charge in [-0.1, -0.05) is 0 Å². The van der Waals surface area contributed by atoms with Crippen molar-refractivity contribution in [2.75, 3.05) is 33.3 Å².